The molecule has 35 heavy (non-hydrogen) atoms. The van der Waals surface area contributed by atoms with Crippen LogP contribution in [0, 0.1) is 13.8 Å². The fourth-order valence-corrected chi connectivity index (χ4v) is 4.13. The number of hydrazine groups is 1. The third kappa shape index (κ3) is 5.49. The van der Waals surface area contributed by atoms with Crippen molar-refractivity contribution in [3.8, 4) is 17.2 Å². The molecule has 1 saturated heterocycles. The second kappa shape index (κ2) is 10.7. The Bertz CT molecular complexity index is 1290. The van der Waals surface area contributed by atoms with Gasteiger partial charge in [-0.05, 0) is 88.9 Å². The van der Waals surface area contributed by atoms with Crippen molar-refractivity contribution in [3.63, 3.8) is 0 Å². The molecular formula is C27H25BrN2O5. The number of rotatable bonds is 8. The highest BCUT2D eigenvalue weighted by Gasteiger charge is 2.34. The zero-order valence-corrected chi connectivity index (χ0v) is 21.2. The van der Waals surface area contributed by atoms with Crippen molar-refractivity contribution in [1.82, 2.24) is 5.43 Å². The predicted octanol–water partition coefficient (Wildman–Crippen LogP) is 4.99. The number of nitrogens with zero attached hydrogens (tertiary/aromatic N) is 1. The Labute approximate surface area is 212 Å². The van der Waals surface area contributed by atoms with Crippen molar-refractivity contribution >= 4 is 39.5 Å². The van der Waals surface area contributed by atoms with Gasteiger partial charge in [0.25, 0.3) is 11.8 Å². The van der Waals surface area contributed by atoms with Crippen molar-refractivity contribution < 1.29 is 23.8 Å². The summed E-state index contributed by atoms with van der Waals surface area (Å²) in [4.78, 5) is 25.3. The lowest BCUT2D eigenvalue weighted by Gasteiger charge is -2.15. The first-order chi connectivity index (χ1) is 16.9. The maximum Gasteiger partial charge on any atom is 0.282 e. The lowest BCUT2D eigenvalue weighted by molar-refractivity contribution is -0.117. The van der Waals surface area contributed by atoms with Crippen LogP contribution < -0.4 is 24.6 Å². The van der Waals surface area contributed by atoms with Gasteiger partial charge in [-0.1, -0.05) is 24.3 Å². The molecule has 0 unspecified atom stereocenters. The van der Waals surface area contributed by atoms with Crippen LogP contribution in [0.25, 0.3) is 6.08 Å². The second-order valence-corrected chi connectivity index (χ2v) is 8.81. The van der Waals surface area contributed by atoms with E-state index in [1.165, 1.54) is 29.3 Å². The van der Waals surface area contributed by atoms with Crippen molar-refractivity contribution in [1.29, 1.82) is 0 Å². The number of benzene rings is 3. The molecule has 0 spiro atoms. The molecular weight excluding hydrogens is 512 g/mol. The van der Waals surface area contributed by atoms with E-state index in [2.05, 4.69) is 28.3 Å². The quantitative estimate of drug-likeness (QED) is 0.249. The van der Waals surface area contributed by atoms with Crippen LogP contribution in [0.15, 0.2) is 70.7 Å². The Balaban J connectivity index is 1.46. The van der Waals surface area contributed by atoms with Crippen LogP contribution in [0.1, 0.15) is 16.7 Å². The highest BCUT2D eigenvalue weighted by molar-refractivity contribution is 9.10. The Morgan fingerprint density at radius 1 is 0.943 bits per heavy atom. The van der Waals surface area contributed by atoms with Gasteiger partial charge in [0, 0.05) is 0 Å². The minimum Gasteiger partial charge on any atom is -0.493 e. The summed E-state index contributed by atoms with van der Waals surface area (Å²) in [5.74, 6) is 0.848. The average molecular weight is 537 g/mol. The Kier molecular flexibility index (Phi) is 7.41. The second-order valence-electron chi connectivity index (χ2n) is 7.95. The standard InChI is InChI=1S/C27H25BrN2O5/c1-17-9-10-21(13-18(17)2)34-11-12-35-25-23(28)15-19(16-24(25)33-3)14-22-26(31)29-30(27(22)32)20-7-5-4-6-8-20/h4-10,13-16H,11-12H2,1-3H3,(H,29,31)/b22-14-. The maximum atomic E-state index is 12.9. The molecule has 1 fully saturated rings. The van der Waals surface area contributed by atoms with Crippen LogP contribution in [0.2, 0.25) is 0 Å². The summed E-state index contributed by atoms with van der Waals surface area (Å²) >= 11 is 3.51. The zero-order valence-electron chi connectivity index (χ0n) is 19.6. The van der Waals surface area contributed by atoms with Gasteiger partial charge in [-0.3, -0.25) is 15.0 Å². The summed E-state index contributed by atoms with van der Waals surface area (Å²) in [6.07, 6.45) is 1.53. The summed E-state index contributed by atoms with van der Waals surface area (Å²) < 4.78 is 17.8. The van der Waals surface area contributed by atoms with Crippen LogP contribution in [-0.4, -0.2) is 32.1 Å². The topological polar surface area (TPSA) is 77.1 Å². The van der Waals surface area contributed by atoms with E-state index in [1.807, 2.05) is 31.2 Å². The van der Waals surface area contributed by atoms with E-state index in [9.17, 15) is 9.59 Å². The number of carbonyl (C=O) groups is 2. The monoisotopic (exact) mass is 536 g/mol. The third-order valence-electron chi connectivity index (χ3n) is 5.55. The maximum absolute atomic E-state index is 12.9. The van der Waals surface area contributed by atoms with Crippen molar-refractivity contribution in [2.24, 2.45) is 0 Å². The van der Waals surface area contributed by atoms with E-state index in [-0.39, 0.29) is 5.57 Å². The largest absolute Gasteiger partial charge is 0.493 e. The molecule has 0 aliphatic carbocycles. The number of ether oxygens (including phenoxy) is 3. The van der Waals surface area contributed by atoms with E-state index in [4.69, 9.17) is 14.2 Å². The Morgan fingerprint density at radius 2 is 1.69 bits per heavy atom. The first kappa shape index (κ1) is 24.3. The fourth-order valence-electron chi connectivity index (χ4n) is 3.55. The van der Waals surface area contributed by atoms with Crippen LogP contribution in [-0.2, 0) is 9.59 Å². The molecule has 0 atom stereocenters. The predicted molar refractivity (Wildman–Crippen MR) is 138 cm³/mol. The molecule has 1 aliphatic heterocycles. The van der Waals surface area contributed by atoms with Gasteiger partial charge in [-0.2, -0.15) is 0 Å². The van der Waals surface area contributed by atoms with Gasteiger partial charge in [0.2, 0.25) is 0 Å². The smallest absolute Gasteiger partial charge is 0.282 e. The number of aryl methyl sites for hydroxylation is 2. The van der Waals surface area contributed by atoms with Gasteiger partial charge >= 0.3 is 0 Å². The van der Waals surface area contributed by atoms with E-state index >= 15 is 0 Å². The van der Waals surface area contributed by atoms with E-state index in [0.29, 0.717) is 40.4 Å². The lowest BCUT2D eigenvalue weighted by atomic mass is 10.1. The Hall–Kier alpha value is -3.78. The SMILES string of the molecule is COc1cc(/C=C2/C(=O)NN(c3ccccc3)C2=O)cc(Br)c1OCCOc1ccc(C)c(C)c1. The number of para-hydroxylation sites is 1. The molecule has 8 heteroatoms. The molecule has 0 radical (unpaired) electrons. The van der Waals surface area contributed by atoms with Crippen LogP contribution >= 0.6 is 15.9 Å². The van der Waals surface area contributed by atoms with Crippen molar-refractivity contribution in [3.05, 3.63) is 87.4 Å². The van der Waals surface area contributed by atoms with E-state index in [0.717, 1.165) is 5.75 Å². The normalized spacial score (nSPS) is 14.3. The molecule has 1 heterocycles. The number of amides is 2. The number of carbonyl (C=O) groups excluding carboxylic acids is 2. The summed E-state index contributed by atoms with van der Waals surface area (Å²) in [5, 5.41) is 1.23. The van der Waals surface area contributed by atoms with Crippen LogP contribution in [0.4, 0.5) is 5.69 Å². The first-order valence-electron chi connectivity index (χ1n) is 11.0. The van der Waals surface area contributed by atoms with Gasteiger partial charge in [-0.25, -0.2) is 5.01 Å². The number of hydrogen-bond donors (Lipinski definition) is 1. The molecule has 3 aromatic rings. The molecule has 0 aromatic heterocycles. The zero-order chi connectivity index (χ0) is 24.9. The average Bonchev–Trinajstić information content (AvgIpc) is 3.13. The van der Waals surface area contributed by atoms with Crippen LogP contribution in [0.3, 0.4) is 0 Å². The molecule has 180 valence electrons. The van der Waals surface area contributed by atoms with Crippen molar-refractivity contribution in [2.45, 2.75) is 13.8 Å². The van der Waals surface area contributed by atoms with Crippen LogP contribution in [0.5, 0.6) is 17.2 Å². The molecule has 1 N–H and O–H groups in total. The summed E-state index contributed by atoms with van der Waals surface area (Å²) in [7, 11) is 1.53. The summed E-state index contributed by atoms with van der Waals surface area (Å²) in [5.41, 5.74) is 6.19. The molecule has 3 aromatic carbocycles. The molecule has 2 amide bonds. The summed E-state index contributed by atoms with van der Waals surface area (Å²) in [6.45, 7) is 4.75. The number of anilines is 1. The van der Waals surface area contributed by atoms with Gasteiger partial charge in [-0.15, -0.1) is 0 Å². The van der Waals surface area contributed by atoms with Gasteiger partial charge in [0.05, 0.1) is 17.3 Å². The molecule has 7 nitrogen and oxygen atoms in total. The fraction of sp³-hybridized carbons (Fsp3) is 0.185. The first-order valence-corrected chi connectivity index (χ1v) is 11.8. The van der Waals surface area contributed by atoms with Crippen molar-refractivity contribution in [2.75, 3.05) is 25.3 Å². The van der Waals surface area contributed by atoms with Gasteiger partial charge in [0.15, 0.2) is 11.5 Å². The minimum atomic E-state index is -0.474. The highest BCUT2D eigenvalue weighted by Crippen LogP contribution is 2.37. The number of methoxy groups -OCH3 is 1. The molecule has 1 aliphatic rings. The summed E-state index contributed by atoms with van der Waals surface area (Å²) in [6, 6.07) is 18.3. The third-order valence-corrected chi connectivity index (χ3v) is 6.13. The molecule has 0 saturated carbocycles. The lowest BCUT2D eigenvalue weighted by Crippen LogP contribution is -2.35. The minimum absolute atomic E-state index is 0.0262. The number of hydrogen-bond acceptors (Lipinski definition) is 5. The highest BCUT2D eigenvalue weighted by atomic mass is 79.9. The molecule has 0 bridgehead atoms. The number of nitrogens with one attached hydrogen (secondary N) is 1. The number of halogens is 1. The van der Waals surface area contributed by atoms with Gasteiger partial charge in [0.1, 0.15) is 24.5 Å². The van der Waals surface area contributed by atoms with E-state index in [1.54, 1.807) is 36.4 Å². The Morgan fingerprint density at radius 3 is 2.40 bits per heavy atom. The van der Waals surface area contributed by atoms with E-state index < -0.39 is 11.8 Å². The van der Waals surface area contributed by atoms with Gasteiger partial charge < -0.3 is 14.2 Å². The molecule has 4 rings (SSSR count).